The number of benzene rings is 1. The summed E-state index contributed by atoms with van der Waals surface area (Å²) < 4.78 is 35.5. The van der Waals surface area contributed by atoms with Crippen LogP contribution in [0.25, 0.3) is 11.2 Å². The second-order valence-corrected chi connectivity index (χ2v) is 10.2. The van der Waals surface area contributed by atoms with Gasteiger partial charge in [0.25, 0.3) is 6.47 Å². The van der Waals surface area contributed by atoms with Gasteiger partial charge in [-0.15, -0.1) is 10.2 Å². The van der Waals surface area contributed by atoms with Crippen LogP contribution in [0.5, 0.6) is 0 Å². The Labute approximate surface area is 221 Å². The van der Waals surface area contributed by atoms with E-state index < -0.39 is 34.6 Å². The van der Waals surface area contributed by atoms with Crippen molar-refractivity contribution in [3.8, 4) is 0 Å². The molecule has 4 heterocycles. The first-order chi connectivity index (χ1) is 18.7. The fourth-order valence-electron chi connectivity index (χ4n) is 4.17. The molecule has 0 spiro atoms. The lowest BCUT2D eigenvalue weighted by atomic mass is 10.1. The minimum absolute atomic E-state index is 0.0270. The molecule has 0 bridgehead atoms. The zero-order chi connectivity index (χ0) is 27.7. The number of nitrogens with one attached hydrogen (secondary N) is 1. The van der Waals surface area contributed by atoms with E-state index in [1.165, 1.54) is 27.8 Å². The van der Waals surface area contributed by atoms with Gasteiger partial charge < -0.3 is 25.6 Å². The number of nitrogen functional groups attached to an aromatic ring is 1. The van der Waals surface area contributed by atoms with E-state index in [0.717, 1.165) is 5.56 Å². The van der Waals surface area contributed by atoms with Crippen molar-refractivity contribution >= 4 is 39.4 Å². The minimum Gasteiger partial charge on any atom is -0.458 e. The summed E-state index contributed by atoms with van der Waals surface area (Å²) in [5, 5.41) is 31.3. The van der Waals surface area contributed by atoms with Crippen molar-refractivity contribution in [2.45, 2.75) is 49.3 Å². The van der Waals surface area contributed by atoms with Crippen molar-refractivity contribution in [3.63, 3.8) is 0 Å². The molecule has 4 aromatic rings. The van der Waals surface area contributed by atoms with Gasteiger partial charge in [0.1, 0.15) is 11.6 Å². The van der Waals surface area contributed by atoms with Gasteiger partial charge in [-0.25, -0.2) is 18.5 Å². The molecule has 1 saturated heterocycles. The molecule has 1 aliphatic heterocycles. The monoisotopic (exact) mass is 559 g/mol. The molecule has 5 rings (SSSR count). The molecule has 6 N–H and O–H groups in total. The summed E-state index contributed by atoms with van der Waals surface area (Å²) in [5.74, 6) is 0.430. The van der Waals surface area contributed by atoms with Crippen molar-refractivity contribution in [1.82, 2.24) is 39.7 Å². The Hall–Kier alpha value is -4.26. The van der Waals surface area contributed by atoms with E-state index in [1.54, 1.807) is 12.1 Å². The maximum atomic E-state index is 11.4. The number of aryl methyl sites for hydroxylation is 1. The van der Waals surface area contributed by atoms with Crippen LogP contribution in [0.1, 0.15) is 30.6 Å². The van der Waals surface area contributed by atoms with Gasteiger partial charge >= 0.3 is 0 Å². The Bertz CT molecular complexity index is 1590. The summed E-state index contributed by atoms with van der Waals surface area (Å²) in [7, 11) is -3.77. The summed E-state index contributed by atoms with van der Waals surface area (Å²) in [6.07, 6.45) is -2.59. The van der Waals surface area contributed by atoms with E-state index in [4.69, 9.17) is 20.3 Å². The fourth-order valence-corrected chi connectivity index (χ4v) is 4.69. The molecule has 1 aliphatic rings. The zero-order valence-corrected chi connectivity index (χ0v) is 21.3. The van der Waals surface area contributed by atoms with Crippen LogP contribution in [0.4, 0.5) is 11.8 Å². The van der Waals surface area contributed by atoms with Crippen molar-refractivity contribution in [2.24, 2.45) is 5.14 Å². The molecule has 17 nitrogen and oxygen atoms in total. The van der Waals surface area contributed by atoms with Gasteiger partial charge in [0.15, 0.2) is 29.9 Å². The van der Waals surface area contributed by atoms with Crippen molar-refractivity contribution in [3.05, 3.63) is 42.0 Å². The highest BCUT2D eigenvalue weighted by Gasteiger charge is 2.49. The third-order valence-electron chi connectivity index (χ3n) is 6.10. The van der Waals surface area contributed by atoms with E-state index in [9.17, 15) is 18.3 Å². The second-order valence-electron chi connectivity index (χ2n) is 8.59. The number of fused-ring (bicyclic) bond motifs is 1. The number of carbonyl (C=O) groups is 1. The molecule has 39 heavy (non-hydrogen) atoms. The third kappa shape index (κ3) is 5.21. The molecule has 0 amide bonds. The standard InChI is InChI=1S/C21H25N11O6S/c1-2-32-29-18(28-30-32)16-15(37-10-33)14(34)20(38-16)31-9-25-13-17(22)26-21(27-19(13)31)24-8-7-11-3-5-12(6-4-11)39(23,35)36/h3-6,9-10,14-16,20,34H,2,7-8H2,1H3,(H2,23,35,36)(H3,22,24,26,27)/t14-,15+,16+,20-/m1/s1. The van der Waals surface area contributed by atoms with Crippen LogP contribution in [0.2, 0.25) is 0 Å². The molecule has 0 saturated carbocycles. The van der Waals surface area contributed by atoms with Crippen LogP contribution in [0.3, 0.4) is 0 Å². The first kappa shape index (κ1) is 26.4. The Morgan fingerprint density at radius 2 is 2.03 bits per heavy atom. The quantitative estimate of drug-likeness (QED) is 0.168. The minimum atomic E-state index is -3.77. The lowest BCUT2D eigenvalue weighted by Crippen LogP contribution is -2.31. The van der Waals surface area contributed by atoms with E-state index in [-0.39, 0.29) is 40.1 Å². The van der Waals surface area contributed by atoms with Crippen molar-refractivity contribution in [1.29, 1.82) is 0 Å². The number of rotatable bonds is 10. The molecule has 0 unspecified atom stereocenters. The number of aliphatic hydroxyl groups excluding tert-OH is 1. The fraction of sp³-hybridized carbons (Fsp3) is 0.381. The number of primary sulfonamides is 1. The molecule has 1 fully saturated rings. The molecule has 3 aromatic heterocycles. The summed E-state index contributed by atoms with van der Waals surface area (Å²) in [6.45, 7) is 2.90. The number of ether oxygens (including phenoxy) is 2. The summed E-state index contributed by atoms with van der Waals surface area (Å²) in [5.41, 5.74) is 7.52. The molecule has 206 valence electrons. The molecule has 4 atom stereocenters. The number of sulfonamides is 1. The smallest absolute Gasteiger partial charge is 0.293 e. The number of tetrazole rings is 1. The molecular formula is C21H25N11O6S. The van der Waals surface area contributed by atoms with Gasteiger partial charge in [-0.05, 0) is 36.3 Å². The number of aromatic nitrogens is 8. The highest BCUT2D eigenvalue weighted by Crippen LogP contribution is 2.40. The van der Waals surface area contributed by atoms with E-state index >= 15 is 0 Å². The Balaban J connectivity index is 1.36. The number of hydrogen-bond donors (Lipinski definition) is 4. The Morgan fingerprint density at radius 3 is 2.69 bits per heavy atom. The first-order valence-corrected chi connectivity index (χ1v) is 13.3. The number of anilines is 2. The lowest BCUT2D eigenvalue weighted by molar-refractivity contribution is -0.140. The van der Waals surface area contributed by atoms with Gasteiger partial charge in [-0.1, -0.05) is 12.1 Å². The van der Waals surface area contributed by atoms with Gasteiger partial charge in [-0.2, -0.15) is 14.8 Å². The van der Waals surface area contributed by atoms with Crippen LogP contribution in [0.15, 0.2) is 35.5 Å². The molecule has 0 radical (unpaired) electrons. The van der Waals surface area contributed by atoms with Crippen LogP contribution in [-0.4, -0.2) is 78.5 Å². The summed E-state index contributed by atoms with van der Waals surface area (Å²) in [6, 6.07) is 6.19. The van der Waals surface area contributed by atoms with Gasteiger partial charge in [-0.3, -0.25) is 9.36 Å². The lowest BCUT2D eigenvalue weighted by Gasteiger charge is -2.17. The number of nitrogens with two attached hydrogens (primary N) is 2. The largest absolute Gasteiger partial charge is 0.458 e. The van der Waals surface area contributed by atoms with E-state index in [1.807, 2.05) is 6.92 Å². The molecule has 1 aromatic carbocycles. The average molecular weight is 560 g/mol. The SMILES string of the molecule is CCn1nnc([C@H]2O[C@@H](n3cnc4c(N)nc(NCCc5ccc(S(N)(=O)=O)cc5)nc43)[C@H](O)[C@@H]2OC=O)n1. The second kappa shape index (κ2) is 10.5. The zero-order valence-electron chi connectivity index (χ0n) is 20.5. The third-order valence-corrected chi connectivity index (χ3v) is 7.03. The predicted octanol–water partition coefficient (Wildman–Crippen LogP) is -1.11. The highest BCUT2D eigenvalue weighted by atomic mass is 32.2. The molecule has 18 heteroatoms. The maximum absolute atomic E-state index is 11.4. The van der Waals surface area contributed by atoms with E-state index in [0.29, 0.717) is 19.5 Å². The van der Waals surface area contributed by atoms with Gasteiger partial charge in [0.2, 0.25) is 21.8 Å². The number of nitrogens with zero attached hydrogens (tertiary/aromatic N) is 8. The Kier molecular flexibility index (Phi) is 7.08. The number of carbonyl (C=O) groups excluding carboxylic acids is 1. The Morgan fingerprint density at radius 1 is 1.26 bits per heavy atom. The summed E-state index contributed by atoms with van der Waals surface area (Å²) >= 11 is 0. The first-order valence-electron chi connectivity index (χ1n) is 11.8. The topological polar surface area (TPSA) is 241 Å². The molecule has 0 aliphatic carbocycles. The van der Waals surface area contributed by atoms with Crippen LogP contribution in [0, 0.1) is 0 Å². The number of hydrogen-bond acceptors (Lipinski definition) is 14. The normalized spacial score (nSPS) is 21.3. The van der Waals surface area contributed by atoms with Crippen LogP contribution in [-0.2, 0) is 37.3 Å². The summed E-state index contributed by atoms with van der Waals surface area (Å²) in [4.78, 5) is 25.5. The van der Waals surface area contributed by atoms with Crippen molar-refractivity contribution in [2.75, 3.05) is 17.6 Å². The maximum Gasteiger partial charge on any atom is 0.293 e. The highest BCUT2D eigenvalue weighted by molar-refractivity contribution is 7.89. The van der Waals surface area contributed by atoms with Crippen LogP contribution < -0.4 is 16.2 Å². The predicted molar refractivity (Wildman–Crippen MR) is 133 cm³/mol. The number of imidazole rings is 1. The number of aliphatic hydroxyl groups is 1. The van der Waals surface area contributed by atoms with E-state index in [2.05, 4.69) is 35.7 Å². The van der Waals surface area contributed by atoms with Crippen LogP contribution >= 0.6 is 0 Å². The average Bonchev–Trinajstić information content (AvgIpc) is 3.62. The van der Waals surface area contributed by atoms with Crippen molar-refractivity contribution < 1.29 is 27.8 Å². The molecular weight excluding hydrogens is 534 g/mol. The van der Waals surface area contributed by atoms with Gasteiger partial charge in [0, 0.05) is 6.54 Å². The van der Waals surface area contributed by atoms with Gasteiger partial charge in [0.05, 0.1) is 17.8 Å².